The fourth-order valence-electron chi connectivity index (χ4n) is 0.871. The minimum absolute atomic E-state index is 0.154. The number of rotatable bonds is 8. The molecule has 1 N–H and O–H groups in total. The van der Waals surface area contributed by atoms with Gasteiger partial charge in [0.05, 0.1) is 6.61 Å². The molecule has 0 aromatic heterocycles. The molecule has 0 aliphatic rings. The quantitative estimate of drug-likeness (QED) is 0.515. The highest BCUT2D eigenvalue weighted by Crippen LogP contribution is 2.27. The predicted molar refractivity (Wildman–Crippen MR) is 57.7 cm³/mol. The molecule has 2 atom stereocenters. The van der Waals surface area contributed by atoms with Gasteiger partial charge in [-0.1, -0.05) is 6.92 Å². The van der Waals surface area contributed by atoms with E-state index in [0.717, 1.165) is 0 Å². The maximum Gasteiger partial charge on any atom is 0.508 e. The van der Waals surface area contributed by atoms with Crippen molar-refractivity contribution >= 4 is 16.3 Å². The van der Waals surface area contributed by atoms with E-state index < -0.39 is 34.3 Å². The zero-order valence-electron chi connectivity index (χ0n) is 10.4. The summed E-state index contributed by atoms with van der Waals surface area (Å²) in [5.74, 6) is -0.174. The molecule has 0 fully saturated rings. The van der Waals surface area contributed by atoms with Crippen molar-refractivity contribution in [3.05, 3.63) is 0 Å². The van der Waals surface area contributed by atoms with E-state index >= 15 is 0 Å². The predicted octanol–water partition coefficient (Wildman–Crippen LogP) is 0.634. The number of carbonyl (C=O) groups excluding carboxylic acids is 1. The van der Waals surface area contributed by atoms with Crippen molar-refractivity contribution in [2.75, 3.05) is 19.8 Å². The average molecular weight is 323 g/mol. The number of hydrogen-bond donors (Lipinski definition) is 1. The fraction of sp³-hybridized carbons (Fsp3) is 0.889. The maximum atomic E-state index is 12.8. The lowest BCUT2D eigenvalue weighted by atomic mass is 10.1. The average Bonchev–Trinajstić information content (AvgIpc) is 2.34. The lowest BCUT2D eigenvalue weighted by Gasteiger charge is -2.22. The van der Waals surface area contributed by atoms with Crippen molar-refractivity contribution in [3.8, 4) is 0 Å². The second-order valence-corrected chi connectivity index (χ2v) is 5.42. The van der Waals surface area contributed by atoms with Crippen LogP contribution in [0.4, 0.5) is 18.0 Å². The van der Waals surface area contributed by atoms with Gasteiger partial charge in [0.1, 0.15) is 6.61 Å². The number of hydrogen-bond acceptors (Lipinski definition) is 7. The normalized spacial score (nSPS) is 15.5. The Morgan fingerprint density at radius 1 is 1.40 bits per heavy atom. The van der Waals surface area contributed by atoms with Gasteiger partial charge in [0, 0.05) is 6.61 Å². The molecule has 0 aromatic carbocycles. The molecule has 0 aliphatic heterocycles. The van der Waals surface area contributed by atoms with Crippen LogP contribution in [0.2, 0.25) is 0 Å². The lowest BCUT2D eigenvalue weighted by Crippen LogP contribution is -2.41. The van der Waals surface area contributed by atoms with Crippen LogP contribution in [0.15, 0.2) is 0 Å². The molecule has 0 saturated carbocycles. The molecule has 0 aromatic rings. The van der Waals surface area contributed by atoms with Crippen molar-refractivity contribution in [2.24, 2.45) is 5.92 Å². The minimum Gasteiger partial charge on any atom is -0.743 e. The van der Waals surface area contributed by atoms with Gasteiger partial charge in [-0.3, -0.25) is 0 Å². The van der Waals surface area contributed by atoms with E-state index in [1.54, 1.807) is 6.92 Å². The van der Waals surface area contributed by atoms with Crippen LogP contribution < -0.4 is 0 Å². The van der Waals surface area contributed by atoms with Crippen LogP contribution >= 0.6 is 0 Å². The smallest absolute Gasteiger partial charge is 0.508 e. The highest BCUT2D eigenvalue weighted by molar-refractivity contribution is 7.86. The van der Waals surface area contributed by atoms with Gasteiger partial charge in [-0.2, -0.15) is 8.78 Å². The van der Waals surface area contributed by atoms with Crippen LogP contribution in [-0.4, -0.2) is 55.5 Å². The summed E-state index contributed by atoms with van der Waals surface area (Å²) in [5, 5.41) is 3.46. The van der Waals surface area contributed by atoms with Crippen LogP contribution in [0.3, 0.4) is 0 Å². The Morgan fingerprint density at radius 3 is 2.40 bits per heavy atom. The highest BCUT2D eigenvalue weighted by atomic mass is 32.2. The zero-order valence-corrected chi connectivity index (χ0v) is 11.2. The molecular weight excluding hydrogens is 309 g/mol. The van der Waals surface area contributed by atoms with E-state index in [1.165, 1.54) is 0 Å². The summed E-state index contributed by atoms with van der Waals surface area (Å²) in [4.78, 5) is 10.8. The van der Waals surface area contributed by atoms with Gasteiger partial charge < -0.3 is 19.1 Å². The Morgan fingerprint density at radius 2 is 1.95 bits per heavy atom. The summed E-state index contributed by atoms with van der Waals surface area (Å²) in [5.41, 5.74) is 0. The van der Waals surface area contributed by atoms with Crippen molar-refractivity contribution in [2.45, 2.75) is 24.8 Å². The van der Waals surface area contributed by atoms with Crippen LogP contribution in [-0.2, 0) is 19.6 Å². The molecule has 0 aliphatic carbocycles. The monoisotopic (exact) mass is 323 g/mol. The van der Waals surface area contributed by atoms with Gasteiger partial charge in [0.2, 0.25) is 6.17 Å². The second kappa shape index (κ2) is 7.64. The molecular formula is C9H14F3O7S-. The van der Waals surface area contributed by atoms with Gasteiger partial charge in [0.15, 0.2) is 10.1 Å². The molecule has 2 unspecified atom stereocenters. The molecule has 11 heteroatoms. The number of aliphatic hydroxyl groups excluding tert-OH is 1. The molecule has 7 nitrogen and oxygen atoms in total. The first-order valence-corrected chi connectivity index (χ1v) is 6.81. The summed E-state index contributed by atoms with van der Waals surface area (Å²) < 4.78 is 76.6. The van der Waals surface area contributed by atoms with E-state index in [9.17, 15) is 30.9 Å². The van der Waals surface area contributed by atoms with Gasteiger partial charge in [0.25, 0.3) is 0 Å². The molecule has 0 rings (SSSR count). The van der Waals surface area contributed by atoms with Crippen molar-refractivity contribution in [1.29, 1.82) is 0 Å². The van der Waals surface area contributed by atoms with E-state index in [1.807, 2.05) is 0 Å². The van der Waals surface area contributed by atoms with Gasteiger partial charge >= 0.3 is 11.4 Å². The van der Waals surface area contributed by atoms with E-state index in [-0.39, 0.29) is 25.6 Å². The minimum atomic E-state index is -6.20. The molecule has 0 amide bonds. The van der Waals surface area contributed by atoms with Crippen LogP contribution in [0.5, 0.6) is 0 Å². The van der Waals surface area contributed by atoms with Crippen LogP contribution in [0.1, 0.15) is 13.3 Å². The summed E-state index contributed by atoms with van der Waals surface area (Å²) in [6.07, 6.45) is -4.72. The zero-order chi connectivity index (χ0) is 16.0. The Balaban J connectivity index is 4.13. The van der Waals surface area contributed by atoms with Crippen molar-refractivity contribution in [3.63, 3.8) is 0 Å². The number of ether oxygens (including phenoxy) is 2. The van der Waals surface area contributed by atoms with Crippen molar-refractivity contribution in [1.82, 2.24) is 0 Å². The van der Waals surface area contributed by atoms with E-state index in [0.29, 0.717) is 0 Å². The standard InChI is InChI=1S/C9H15F3O7S/c1-6(4-13)2-3-18-8(14)19-5-7(10)9(11,12)20(15,16)17/h6-7,13H,2-5H2,1H3,(H,15,16,17)/p-1. The number of halogens is 3. The highest BCUT2D eigenvalue weighted by Gasteiger charge is 2.48. The summed E-state index contributed by atoms with van der Waals surface area (Å²) in [6.45, 7) is -0.346. The van der Waals surface area contributed by atoms with Gasteiger partial charge in [-0.15, -0.1) is 0 Å². The Labute approximate surface area is 113 Å². The third-order valence-electron chi connectivity index (χ3n) is 2.19. The molecule has 0 saturated heterocycles. The number of alkyl halides is 3. The molecule has 20 heavy (non-hydrogen) atoms. The fourth-order valence-corrected chi connectivity index (χ4v) is 1.25. The summed E-state index contributed by atoms with van der Waals surface area (Å²) in [7, 11) is -6.20. The SMILES string of the molecule is CC(CO)CCOC(=O)OCC(F)C(F)(F)S(=O)(=O)[O-]. The first-order chi connectivity index (χ1) is 9.02. The molecule has 0 radical (unpaired) electrons. The van der Waals surface area contributed by atoms with E-state index in [2.05, 4.69) is 9.47 Å². The largest absolute Gasteiger partial charge is 0.743 e. The number of aliphatic hydroxyl groups is 1. The summed E-state index contributed by atoms with van der Waals surface area (Å²) in [6, 6.07) is 0. The summed E-state index contributed by atoms with van der Waals surface area (Å²) >= 11 is 0. The molecule has 0 spiro atoms. The van der Waals surface area contributed by atoms with Gasteiger partial charge in [-0.25, -0.2) is 17.6 Å². The lowest BCUT2D eigenvalue weighted by molar-refractivity contribution is -0.0426. The first-order valence-electron chi connectivity index (χ1n) is 5.40. The van der Waals surface area contributed by atoms with Crippen LogP contribution in [0.25, 0.3) is 0 Å². The third kappa shape index (κ3) is 5.92. The molecule has 0 heterocycles. The molecule has 0 bridgehead atoms. The Bertz CT molecular complexity index is 412. The number of carbonyl (C=O) groups is 1. The first kappa shape index (κ1) is 18.9. The Kier molecular flexibility index (Phi) is 7.23. The van der Waals surface area contributed by atoms with E-state index in [4.69, 9.17) is 5.11 Å². The van der Waals surface area contributed by atoms with Gasteiger partial charge in [-0.05, 0) is 12.3 Å². The maximum absolute atomic E-state index is 12.8. The molecule has 120 valence electrons. The second-order valence-electron chi connectivity index (χ2n) is 3.97. The third-order valence-corrected chi connectivity index (χ3v) is 3.11. The van der Waals surface area contributed by atoms with Crippen LogP contribution in [0, 0.1) is 5.92 Å². The Hall–Kier alpha value is -1.07. The van der Waals surface area contributed by atoms with Crippen molar-refractivity contribution < 1.29 is 45.5 Å². The topological polar surface area (TPSA) is 113 Å².